The highest BCUT2D eigenvalue weighted by molar-refractivity contribution is 5.98. The molecule has 2 amide bonds. The average Bonchev–Trinajstić information content (AvgIpc) is 2.84. The minimum Gasteiger partial charge on any atom is -0.480 e. The third-order valence-electron chi connectivity index (χ3n) is 2.51. The number of amides is 2. The van der Waals surface area contributed by atoms with Crippen molar-refractivity contribution in [2.45, 2.75) is 19.1 Å². The maximum atomic E-state index is 11.7. The quantitative estimate of drug-likeness (QED) is 0.496. The molecule has 2 aromatic heterocycles. The molecule has 2 atom stereocenters. The Hall–Kier alpha value is -2.75. The Morgan fingerprint density at radius 3 is 2.80 bits per heavy atom. The van der Waals surface area contributed by atoms with Gasteiger partial charge in [0.25, 0.3) is 0 Å². The summed E-state index contributed by atoms with van der Waals surface area (Å²) in [5.41, 5.74) is 0.431. The predicted octanol–water partition coefficient (Wildman–Crippen LogP) is -0.692. The van der Waals surface area contributed by atoms with Crippen molar-refractivity contribution in [1.82, 2.24) is 25.5 Å². The number of urea groups is 1. The first kappa shape index (κ1) is 13.7. The maximum absolute atomic E-state index is 11.7. The number of carbonyl (C=O) groups is 2. The Labute approximate surface area is 112 Å². The minimum absolute atomic E-state index is 0.177. The van der Waals surface area contributed by atoms with Crippen molar-refractivity contribution in [3.8, 4) is 0 Å². The molecule has 0 saturated heterocycles. The van der Waals surface area contributed by atoms with Gasteiger partial charge in [0.15, 0.2) is 11.7 Å². The zero-order valence-electron chi connectivity index (χ0n) is 10.4. The molecule has 2 heterocycles. The number of aromatic amines is 1. The van der Waals surface area contributed by atoms with Crippen molar-refractivity contribution in [3.63, 3.8) is 0 Å². The van der Waals surface area contributed by atoms with Crippen LogP contribution in [0, 0.1) is 0 Å². The van der Waals surface area contributed by atoms with Gasteiger partial charge in [-0.05, 0) is 6.92 Å². The number of H-pyrrole nitrogens is 1. The number of carboxylic acid groups (broad SMARTS) is 1. The number of hydrogen-bond donors (Lipinski definition) is 5. The van der Waals surface area contributed by atoms with E-state index in [1.807, 2.05) is 0 Å². The third kappa shape index (κ3) is 2.80. The minimum atomic E-state index is -1.42. The van der Waals surface area contributed by atoms with Gasteiger partial charge in [-0.3, -0.25) is 10.4 Å². The molecule has 0 aliphatic carbocycles. The molecule has 0 aromatic carbocycles. The van der Waals surface area contributed by atoms with E-state index >= 15 is 0 Å². The number of aliphatic hydroxyl groups excluding tert-OH is 1. The molecule has 5 N–H and O–H groups in total. The lowest BCUT2D eigenvalue weighted by Crippen LogP contribution is -2.49. The highest BCUT2D eigenvalue weighted by Crippen LogP contribution is 2.15. The molecule has 0 unspecified atom stereocenters. The monoisotopic (exact) mass is 280 g/mol. The number of fused-ring (bicyclic) bond motifs is 1. The number of carbonyl (C=O) groups excluding carboxylic acids is 1. The van der Waals surface area contributed by atoms with Crippen LogP contribution in [0.25, 0.3) is 11.0 Å². The summed E-state index contributed by atoms with van der Waals surface area (Å²) in [4.78, 5) is 30.3. The number of aromatic nitrogens is 4. The second-order valence-electron chi connectivity index (χ2n) is 4.01. The van der Waals surface area contributed by atoms with Gasteiger partial charge >= 0.3 is 12.0 Å². The molecule has 20 heavy (non-hydrogen) atoms. The van der Waals surface area contributed by atoms with Crippen molar-refractivity contribution in [3.05, 3.63) is 12.5 Å². The number of aliphatic hydroxyl groups is 1. The van der Waals surface area contributed by atoms with Gasteiger partial charge in [0.2, 0.25) is 0 Å². The average molecular weight is 280 g/mol. The van der Waals surface area contributed by atoms with Crippen molar-refractivity contribution in [2.75, 3.05) is 5.32 Å². The van der Waals surface area contributed by atoms with Crippen LogP contribution in [0.4, 0.5) is 10.6 Å². The summed E-state index contributed by atoms with van der Waals surface area (Å²) >= 11 is 0. The van der Waals surface area contributed by atoms with Crippen LogP contribution in [0.2, 0.25) is 0 Å². The second-order valence-corrected chi connectivity index (χ2v) is 4.01. The molecular formula is C10H12N6O4. The number of nitrogens with zero attached hydrogens (tertiary/aromatic N) is 3. The van der Waals surface area contributed by atoms with E-state index in [9.17, 15) is 14.7 Å². The van der Waals surface area contributed by atoms with E-state index in [0.717, 1.165) is 0 Å². The van der Waals surface area contributed by atoms with Crippen LogP contribution in [-0.2, 0) is 4.79 Å². The summed E-state index contributed by atoms with van der Waals surface area (Å²) in [6.07, 6.45) is 1.41. The van der Waals surface area contributed by atoms with E-state index in [1.165, 1.54) is 19.4 Å². The largest absolute Gasteiger partial charge is 0.480 e. The lowest BCUT2D eigenvalue weighted by atomic mass is 10.2. The molecule has 0 aliphatic heterocycles. The van der Waals surface area contributed by atoms with Crippen molar-refractivity contribution >= 4 is 28.9 Å². The van der Waals surface area contributed by atoms with Gasteiger partial charge in [-0.1, -0.05) is 0 Å². The summed E-state index contributed by atoms with van der Waals surface area (Å²) in [5, 5.41) is 29.5. The van der Waals surface area contributed by atoms with Crippen LogP contribution in [0.15, 0.2) is 12.5 Å². The second kappa shape index (κ2) is 5.48. The topological polar surface area (TPSA) is 153 Å². The van der Waals surface area contributed by atoms with Gasteiger partial charge in [-0.2, -0.15) is 5.10 Å². The first-order valence-electron chi connectivity index (χ1n) is 5.61. The zero-order valence-corrected chi connectivity index (χ0v) is 10.4. The fourth-order valence-electron chi connectivity index (χ4n) is 1.54. The SMILES string of the molecule is C[C@@H](O)[C@H](NC(=O)Nc1ncnc2[nH]ncc12)C(=O)O. The van der Waals surface area contributed by atoms with Crippen LogP contribution >= 0.6 is 0 Å². The number of rotatable bonds is 4. The Bertz CT molecular complexity index is 639. The molecule has 0 saturated carbocycles. The van der Waals surface area contributed by atoms with E-state index in [4.69, 9.17) is 5.11 Å². The summed E-state index contributed by atoms with van der Waals surface area (Å²) < 4.78 is 0. The number of hydrogen-bond acceptors (Lipinski definition) is 6. The summed E-state index contributed by atoms with van der Waals surface area (Å²) in [7, 11) is 0. The van der Waals surface area contributed by atoms with E-state index in [2.05, 4.69) is 30.8 Å². The molecule has 2 rings (SSSR count). The lowest BCUT2D eigenvalue weighted by molar-refractivity contribution is -0.141. The fourth-order valence-corrected chi connectivity index (χ4v) is 1.54. The zero-order chi connectivity index (χ0) is 14.7. The first-order valence-corrected chi connectivity index (χ1v) is 5.61. The molecule has 10 heteroatoms. The summed E-state index contributed by atoms with van der Waals surface area (Å²) in [6, 6.07) is -2.23. The molecule has 0 spiro atoms. The van der Waals surface area contributed by atoms with Gasteiger partial charge in [0, 0.05) is 0 Å². The fraction of sp³-hybridized carbons (Fsp3) is 0.300. The standard InChI is InChI=1S/C10H12N6O4/c1-4(17)6(9(18)19)14-10(20)15-7-5-2-13-16-8(5)12-3-11-7/h2-4,6,17H,1H3,(H,18,19)(H3,11,12,13,14,15,16,20)/t4-,6+/m1/s1. The molecule has 0 bridgehead atoms. The van der Waals surface area contributed by atoms with Crippen molar-refractivity contribution in [1.29, 1.82) is 0 Å². The van der Waals surface area contributed by atoms with E-state index in [1.54, 1.807) is 0 Å². The van der Waals surface area contributed by atoms with E-state index in [-0.39, 0.29) is 5.82 Å². The van der Waals surface area contributed by atoms with Crippen LogP contribution in [0.1, 0.15) is 6.92 Å². The highest BCUT2D eigenvalue weighted by atomic mass is 16.4. The Morgan fingerprint density at radius 1 is 1.40 bits per heavy atom. The number of nitrogens with one attached hydrogen (secondary N) is 3. The Balaban J connectivity index is 2.12. The van der Waals surface area contributed by atoms with Gasteiger partial charge in [0.05, 0.1) is 17.7 Å². The normalized spacial score (nSPS) is 13.7. The Kier molecular flexibility index (Phi) is 3.75. The van der Waals surface area contributed by atoms with E-state index < -0.39 is 24.1 Å². The van der Waals surface area contributed by atoms with Gasteiger partial charge in [0.1, 0.15) is 12.1 Å². The number of aliphatic carboxylic acids is 1. The van der Waals surface area contributed by atoms with Gasteiger partial charge in [-0.15, -0.1) is 0 Å². The lowest BCUT2D eigenvalue weighted by Gasteiger charge is -2.17. The van der Waals surface area contributed by atoms with Crippen LogP contribution < -0.4 is 10.6 Å². The van der Waals surface area contributed by atoms with E-state index in [0.29, 0.717) is 11.0 Å². The molecule has 2 aromatic rings. The summed E-state index contributed by atoms with van der Waals surface area (Å²) in [5.74, 6) is -1.16. The molecule has 0 fully saturated rings. The van der Waals surface area contributed by atoms with Crippen LogP contribution in [0.3, 0.4) is 0 Å². The van der Waals surface area contributed by atoms with Crippen LogP contribution in [-0.4, -0.2) is 54.5 Å². The maximum Gasteiger partial charge on any atom is 0.328 e. The highest BCUT2D eigenvalue weighted by Gasteiger charge is 2.25. The molecule has 10 nitrogen and oxygen atoms in total. The third-order valence-corrected chi connectivity index (χ3v) is 2.51. The van der Waals surface area contributed by atoms with Gasteiger partial charge in [-0.25, -0.2) is 19.6 Å². The van der Waals surface area contributed by atoms with Crippen LogP contribution in [0.5, 0.6) is 0 Å². The molecule has 0 aliphatic rings. The molecule has 106 valence electrons. The number of anilines is 1. The molecular weight excluding hydrogens is 268 g/mol. The molecule has 0 radical (unpaired) electrons. The van der Waals surface area contributed by atoms with Gasteiger partial charge < -0.3 is 15.5 Å². The first-order chi connectivity index (χ1) is 9.49. The number of carboxylic acids is 1. The van der Waals surface area contributed by atoms with Crippen molar-refractivity contribution in [2.24, 2.45) is 0 Å². The smallest absolute Gasteiger partial charge is 0.328 e. The Morgan fingerprint density at radius 2 is 2.15 bits per heavy atom. The predicted molar refractivity (Wildman–Crippen MR) is 66.9 cm³/mol. The van der Waals surface area contributed by atoms with Crippen molar-refractivity contribution < 1.29 is 19.8 Å². The summed E-state index contributed by atoms with van der Waals surface area (Å²) in [6.45, 7) is 1.26.